The number of carbonyl (C=O) groups excluding carboxylic acids is 3. The molecule has 0 fully saturated rings. The van der Waals surface area contributed by atoms with Gasteiger partial charge in [-0.25, -0.2) is 4.79 Å². The van der Waals surface area contributed by atoms with Crippen molar-refractivity contribution in [3.05, 3.63) is 35.9 Å². The van der Waals surface area contributed by atoms with Gasteiger partial charge in [0.1, 0.15) is 11.6 Å². The number of aliphatic hydroxyl groups is 2. The number of primary amides is 1. The summed E-state index contributed by atoms with van der Waals surface area (Å²) >= 11 is 0. The molecule has 0 spiro atoms. The normalized spacial score (nSPS) is 15.9. The predicted molar refractivity (Wildman–Crippen MR) is 134 cm³/mol. The number of amides is 3. The van der Waals surface area contributed by atoms with Gasteiger partial charge >= 0.3 is 6.09 Å². The van der Waals surface area contributed by atoms with E-state index in [-0.39, 0.29) is 31.4 Å². The van der Waals surface area contributed by atoms with E-state index in [9.17, 15) is 24.6 Å². The minimum absolute atomic E-state index is 0.0264. The maximum absolute atomic E-state index is 13.8. The van der Waals surface area contributed by atoms with Crippen LogP contribution in [0.4, 0.5) is 4.79 Å². The summed E-state index contributed by atoms with van der Waals surface area (Å²) in [7, 11) is 0. The fourth-order valence-electron chi connectivity index (χ4n) is 3.95. The smallest absolute Gasteiger partial charge is 0.407 e. The minimum Gasteiger partial charge on any atom is -0.444 e. The molecular weight excluding hydrogens is 450 g/mol. The Morgan fingerprint density at radius 3 is 2.23 bits per heavy atom. The lowest BCUT2D eigenvalue weighted by Crippen LogP contribution is -2.54. The van der Waals surface area contributed by atoms with E-state index < -0.39 is 41.7 Å². The van der Waals surface area contributed by atoms with Gasteiger partial charge in [-0.05, 0) is 52.0 Å². The van der Waals surface area contributed by atoms with Crippen LogP contribution in [0.5, 0.6) is 0 Å². The lowest BCUT2D eigenvalue weighted by molar-refractivity contribution is -0.146. The fourth-order valence-corrected chi connectivity index (χ4v) is 3.95. The molecule has 0 aliphatic carbocycles. The molecule has 9 heteroatoms. The number of hydrogen-bond donors (Lipinski definition) is 4. The second-order valence-corrected chi connectivity index (χ2v) is 10.1. The van der Waals surface area contributed by atoms with Crippen molar-refractivity contribution in [1.29, 1.82) is 0 Å². The second-order valence-electron chi connectivity index (χ2n) is 10.1. The average Bonchev–Trinajstić information content (AvgIpc) is 2.76. The van der Waals surface area contributed by atoms with Gasteiger partial charge in [0, 0.05) is 12.5 Å². The first-order chi connectivity index (χ1) is 16.3. The van der Waals surface area contributed by atoms with Crippen LogP contribution >= 0.6 is 0 Å². The summed E-state index contributed by atoms with van der Waals surface area (Å²) in [5, 5.41) is 23.2. The van der Waals surface area contributed by atoms with Crippen LogP contribution in [-0.4, -0.2) is 70.0 Å². The monoisotopic (exact) mass is 493 g/mol. The van der Waals surface area contributed by atoms with Crippen molar-refractivity contribution in [3.63, 3.8) is 0 Å². The first-order valence-corrected chi connectivity index (χ1v) is 12.2. The number of aliphatic hydroxyl groups excluding tert-OH is 2. The zero-order chi connectivity index (χ0) is 26.8. The Labute approximate surface area is 209 Å². The summed E-state index contributed by atoms with van der Waals surface area (Å²) < 4.78 is 5.26. The van der Waals surface area contributed by atoms with Crippen molar-refractivity contribution in [1.82, 2.24) is 10.2 Å². The largest absolute Gasteiger partial charge is 0.444 e. The third-order valence-corrected chi connectivity index (χ3v) is 5.96. The molecule has 1 unspecified atom stereocenters. The number of carbonyl (C=O) groups is 3. The molecule has 1 aromatic rings. The van der Waals surface area contributed by atoms with Crippen LogP contribution in [0, 0.1) is 11.8 Å². The molecule has 198 valence electrons. The molecule has 9 nitrogen and oxygen atoms in total. The maximum Gasteiger partial charge on any atom is 0.407 e. The van der Waals surface area contributed by atoms with Crippen LogP contribution < -0.4 is 11.1 Å². The van der Waals surface area contributed by atoms with E-state index in [4.69, 9.17) is 10.5 Å². The van der Waals surface area contributed by atoms with Crippen LogP contribution in [0.1, 0.15) is 59.9 Å². The molecule has 0 saturated carbocycles. The van der Waals surface area contributed by atoms with Crippen molar-refractivity contribution in [2.24, 2.45) is 17.6 Å². The molecule has 0 aliphatic heterocycles. The molecule has 1 rings (SSSR count). The van der Waals surface area contributed by atoms with Gasteiger partial charge in [-0.15, -0.1) is 0 Å². The van der Waals surface area contributed by atoms with Crippen molar-refractivity contribution in [2.75, 3.05) is 13.2 Å². The zero-order valence-electron chi connectivity index (χ0n) is 21.9. The standard InChI is InChI=1S/C26H43N3O6/c1-7-17(2)22(23(27)32)29(13-14-30)24(33)20(15-19-11-9-8-10-12-19)16-21(31)18(3)28-25(34)35-26(4,5)6/h8-12,17-18,20-22,30-31H,7,13-16H2,1-6H3,(H2,27,32)(H,28,34)/t17-,18-,20?,21-,22+/m0/s1. The first-order valence-electron chi connectivity index (χ1n) is 12.2. The molecule has 0 radical (unpaired) electrons. The van der Waals surface area contributed by atoms with E-state index in [0.29, 0.717) is 12.8 Å². The van der Waals surface area contributed by atoms with Gasteiger partial charge in [-0.1, -0.05) is 50.6 Å². The topological polar surface area (TPSA) is 142 Å². The van der Waals surface area contributed by atoms with Crippen LogP contribution in [0.15, 0.2) is 30.3 Å². The number of rotatable bonds is 13. The molecule has 0 saturated heterocycles. The highest BCUT2D eigenvalue weighted by Gasteiger charge is 2.36. The maximum atomic E-state index is 13.8. The second kappa shape index (κ2) is 14.0. The van der Waals surface area contributed by atoms with E-state index in [0.717, 1.165) is 5.56 Å². The SMILES string of the molecule is CC[C@H](C)[C@H](C(N)=O)N(CCO)C(=O)C(Cc1ccccc1)C[C@H](O)[C@H](C)NC(=O)OC(C)(C)C. The number of nitrogens with one attached hydrogen (secondary N) is 1. The van der Waals surface area contributed by atoms with Gasteiger partial charge in [0.15, 0.2) is 0 Å². The highest BCUT2D eigenvalue weighted by molar-refractivity contribution is 5.88. The molecule has 0 aliphatic rings. The van der Waals surface area contributed by atoms with Gasteiger partial charge in [-0.3, -0.25) is 9.59 Å². The molecule has 0 heterocycles. The van der Waals surface area contributed by atoms with Crippen LogP contribution in [0.3, 0.4) is 0 Å². The van der Waals surface area contributed by atoms with Crippen LogP contribution in [0.25, 0.3) is 0 Å². The third kappa shape index (κ3) is 10.2. The van der Waals surface area contributed by atoms with Crippen molar-refractivity contribution < 1.29 is 29.3 Å². The molecular formula is C26H43N3O6. The highest BCUT2D eigenvalue weighted by atomic mass is 16.6. The van der Waals surface area contributed by atoms with E-state index in [1.165, 1.54) is 4.90 Å². The molecule has 3 amide bonds. The number of ether oxygens (including phenoxy) is 1. The Kier molecular flexibility index (Phi) is 12.2. The lowest BCUT2D eigenvalue weighted by atomic mass is 9.88. The Balaban J connectivity index is 3.19. The van der Waals surface area contributed by atoms with Crippen LogP contribution in [0.2, 0.25) is 0 Å². The first kappa shape index (κ1) is 30.4. The van der Waals surface area contributed by atoms with Crippen molar-refractivity contribution in [3.8, 4) is 0 Å². The Morgan fingerprint density at radius 1 is 1.14 bits per heavy atom. The van der Waals surface area contributed by atoms with Gasteiger partial charge < -0.3 is 30.9 Å². The number of hydrogen-bond acceptors (Lipinski definition) is 6. The molecule has 35 heavy (non-hydrogen) atoms. The van der Waals surface area contributed by atoms with Gasteiger partial charge in [0.05, 0.1) is 18.8 Å². The molecule has 1 aromatic carbocycles. The van der Waals surface area contributed by atoms with Crippen molar-refractivity contribution in [2.45, 2.75) is 84.6 Å². The quantitative estimate of drug-likeness (QED) is 0.332. The third-order valence-electron chi connectivity index (χ3n) is 5.96. The zero-order valence-corrected chi connectivity index (χ0v) is 21.9. The molecule has 0 bridgehead atoms. The summed E-state index contributed by atoms with van der Waals surface area (Å²) in [5.74, 6) is -1.94. The predicted octanol–water partition coefficient (Wildman–Crippen LogP) is 2.23. The fraction of sp³-hybridized carbons (Fsp3) is 0.654. The number of nitrogens with two attached hydrogens (primary N) is 1. The van der Waals surface area contributed by atoms with Gasteiger partial charge in [0.2, 0.25) is 11.8 Å². The minimum atomic E-state index is -1.06. The van der Waals surface area contributed by atoms with E-state index in [2.05, 4.69) is 5.32 Å². The Morgan fingerprint density at radius 2 is 1.74 bits per heavy atom. The number of nitrogens with zero attached hydrogens (tertiary/aromatic N) is 1. The van der Waals surface area contributed by atoms with Gasteiger partial charge in [0.25, 0.3) is 0 Å². The summed E-state index contributed by atoms with van der Waals surface area (Å²) in [6.07, 6.45) is -0.775. The molecule has 0 aromatic heterocycles. The van der Waals surface area contributed by atoms with E-state index in [1.807, 2.05) is 44.2 Å². The summed E-state index contributed by atoms with van der Waals surface area (Å²) in [4.78, 5) is 39.5. The highest BCUT2D eigenvalue weighted by Crippen LogP contribution is 2.23. The lowest BCUT2D eigenvalue weighted by Gasteiger charge is -2.36. The van der Waals surface area contributed by atoms with Crippen molar-refractivity contribution >= 4 is 17.9 Å². The average molecular weight is 494 g/mol. The molecule has 5 N–H and O–H groups in total. The number of alkyl carbamates (subject to hydrolysis) is 1. The van der Waals surface area contributed by atoms with E-state index in [1.54, 1.807) is 27.7 Å². The summed E-state index contributed by atoms with van der Waals surface area (Å²) in [6, 6.07) is 7.77. The molecule has 5 atom stereocenters. The summed E-state index contributed by atoms with van der Waals surface area (Å²) in [6.45, 7) is 10.2. The van der Waals surface area contributed by atoms with Gasteiger partial charge in [-0.2, -0.15) is 0 Å². The Hall–Kier alpha value is -2.65. The Bertz CT molecular complexity index is 811. The summed E-state index contributed by atoms with van der Waals surface area (Å²) in [5.41, 5.74) is 5.86. The number of benzene rings is 1. The van der Waals surface area contributed by atoms with E-state index >= 15 is 0 Å². The van der Waals surface area contributed by atoms with Crippen LogP contribution in [-0.2, 0) is 20.7 Å².